The minimum Gasteiger partial charge on any atom is -0.381 e. The zero-order chi connectivity index (χ0) is 16.6. The van der Waals surface area contributed by atoms with Crippen LogP contribution < -0.4 is 0 Å². The van der Waals surface area contributed by atoms with Crippen molar-refractivity contribution in [2.24, 2.45) is 5.41 Å². The Labute approximate surface area is 137 Å². The smallest absolute Gasteiger partial charge is 0.0828 e. The maximum atomic E-state index is 5.85. The number of rotatable bonds is 10. The number of ether oxygens (including phenoxy) is 3. The van der Waals surface area contributed by atoms with Gasteiger partial charge in [-0.3, -0.25) is 4.90 Å². The van der Waals surface area contributed by atoms with Crippen LogP contribution in [0.1, 0.15) is 54.4 Å². The summed E-state index contributed by atoms with van der Waals surface area (Å²) in [5.41, 5.74) is 0.238. The molecule has 0 N–H and O–H groups in total. The second-order valence-corrected chi connectivity index (χ2v) is 8.53. The van der Waals surface area contributed by atoms with Crippen molar-refractivity contribution in [2.45, 2.75) is 66.1 Å². The molecule has 0 saturated carbocycles. The standard InChI is InChI=1S/C18H37NO3/c1-17(2,3)15-20-10-8-11-21-16-13-19(14-16)9-7-12-22-18(4,5)6/h16H,7-15H2,1-6H3. The molecule has 0 unspecified atom stereocenters. The fourth-order valence-electron chi connectivity index (χ4n) is 2.27. The molecule has 1 heterocycles. The van der Waals surface area contributed by atoms with Crippen LogP contribution in [0.3, 0.4) is 0 Å². The number of hydrogen-bond donors (Lipinski definition) is 0. The van der Waals surface area contributed by atoms with E-state index in [1.807, 2.05) is 0 Å². The molecule has 4 nitrogen and oxygen atoms in total. The zero-order valence-corrected chi connectivity index (χ0v) is 15.6. The van der Waals surface area contributed by atoms with E-state index in [-0.39, 0.29) is 11.0 Å². The number of nitrogens with zero attached hydrogens (tertiary/aromatic N) is 1. The van der Waals surface area contributed by atoms with E-state index >= 15 is 0 Å². The van der Waals surface area contributed by atoms with Gasteiger partial charge in [-0.1, -0.05) is 20.8 Å². The third-order valence-corrected chi connectivity index (χ3v) is 3.40. The lowest BCUT2D eigenvalue weighted by Gasteiger charge is -2.39. The summed E-state index contributed by atoms with van der Waals surface area (Å²) >= 11 is 0. The van der Waals surface area contributed by atoms with Gasteiger partial charge in [-0.05, 0) is 39.0 Å². The van der Waals surface area contributed by atoms with Crippen LogP contribution in [0.25, 0.3) is 0 Å². The van der Waals surface area contributed by atoms with Crippen molar-refractivity contribution in [2.75, 3.05) is 46.1 Å². The van der Waals surface area contributed by atoms with Crippen LogP contribution in [-0.2, 0) is 14.2 Å². The Kier molecular flexibility index (Phi) is 8.33. The Morgan fingerprint density at radius 2 is 1.59 bits per heavy atom. The van der Waals surface area contributed by atoms with Crippen molar-refractivity contribution in [3.05, 3.63) is 0 Å². The highest BCUT2D eigenvalue weighted by atomic mass is 16.5. The highest BCUT2D eigenvalue weighted by Crippen LogP contribution is 2.14. The van der Waals surface area contributed by atoms with Crippen molar-refractivity contribution in [1.29, 1.82) is 0 Å². The number of likely N-dealkylation sites (tertiary alicyclic amines) is 1. The maximum Gasteiger partial charge on any atom is 0.0828 e. The summed E-state index contributed by atoms with van der Waals surface area (Å²) in [6.07, 6.45) is 2.52. The molecule has 0 aromatic rings. The van der Waals surface area contributed by atoms with Crippen LogP contribution in [0.15, 0.2) is 0 Å². The molecular weight excluding hydrogens is 278 g/mol. The fraction of sp³-hybridized carbons (Fsp3) is 1.00. The maximum absolute atomic E-state index is 5.85. The molecule has 1 aliphatic rings. The minimum absolute atomic E-state index is 0.0182. The van der Waals surface area contributed by atoms with Crippen molar-refractivity contribution in [1.82, 2.24) is 4.90 Å². The van der Waals surface area contributed by atoms with Gasteiger partial charge in [0.15, 0.2) is 0 Å². The lowest BCUT2D eigenvalue weighted by molar-refractivity contribution is -0.0661. The quantitative estimate of drug-likeness (QED) is 0.579. The minimum atomic E-state index is -0.0182. The Bertz CT molecular complexity index is 285. The van der Waals surface area contributed by atoms with E-state index in [0.717, 1.165) is 58.9 Å². The van der Waals surface area contributed by atoms with Gasteiger partial charge in [0.1, 0.15) is 0 Å². The molecule has 4 heteroatoms. The van der Waals surface area contributed by atoms with E-state index in [2.05, 4.69) is 46.4 Å². The van der Waals surface area contributed by atoms with E-state index in [0.29, 0.717) is 6.10 Å². The molecule has 0 aliphatic carbocycles. The van der Waals surface area contributed by atoms with Crippen LogP contribution in [0.4, 0.5) is 0 Å². The molecule has 0 amide bonds. The summed E-state index contributed by atoms with van der Waals surface area (Å²) in [5, 5.41) is 0. The van der Waals surface area contributed by atoms with Crippen LogP contribution in [0.5, 0.6) is 0 Å². The predicted molar refractivity (Wildman–Crippen MR) is 91.4 cm³/mol. The molecule has 22 heavy (non-hydrogen) atoms. The molecule has 0 radical (unpaired) electrons. The summed E-state index contributed by atoms with van der Waals surface area (Å²) in [4.78, 5) is 2.44. The Morgan fingerprint density at radius 1 is 0.909 bits per heavy atom. The molecule has 0 atom stereocenters. The average Bonchev–Trinajstić information content (AvgIpc) is 2.30. The average molecular weight is 315 g/mol. The van der Waals surface area contributed by atoms with Crippen molar-refractivity contribution in [3.63, 3.8) is 0 Å². The highest BCUT2D eigenvalue weighted by molar-refractivity contribution is 4.80. The van der Waals surface area contributed by atoms with Gasteiger partial charge in [0, 0.05) is 39.5 Å². The van der Waals surface area contributed by atoms with Gasteiger partial charge in [-0.25, -0.2) is 0 Å². The lowest BCUT2D eigenvalue weighted by Crippen LogP contribution is -2.52. The summed E-state index contributed by atoms with van der Waals surface area (Å²) in [7, 11) is 0. The first-order chi connectivity index (χ1) is 10.2. The van der Waals surface area contributed by atoms with Crippen LogP contribution >= 0.6 is 0 Å². The molecule has 1 fully saturated rings. The van der Waals surface area contributed by atoms with E-state index < -0.39 is 0 Å². The topological polar surface area (TPSA) is 30.9 Å². The second-order valence-electron chi connectivity index (χ2n) is 8.53. The predicted octanol–water partition coefficient (Wildman–Crippen LogP) is 3.35. The molecule has 1 saturated heterocycles. The summed E-state index contributed by atoms with van der Waals surface area (Å²) in [5.74, 6) is 0. The van der Waals surface area contributed by atoms with Crippen LogP contribution in [-0.4, -0.2) is 62.7 Å². The van der Waals surface area contributed by atoms with Gasteiger partial charge < -0.3 is 14.2 Å². The molecule has 0 aromatic heterocycles. The van der Waals surface area contributed by atoms with Crippen molar-refractivity contribution < 1.29 is 14.2 Å². The van der Waals surface area contributed by atoms with Gasteiger partial charge in [-0.15, -0.1) is 0 Å². The van der Waals surface area contributed by atoms with E-state index in [9.17, 15) is 0 Å². The summed E-state index contributed by atoms with van der Waals surface area (Å²) in [6.45, 7) is 19.4. The summed E-state index contributed by atoms with van der Waals surface area (Å²) < 4.78 is 17.2. The molecule has 0 aromatic carbocycles. The first-order valence-corrected chi connectivity index (χ1v) is 8.71. The third kappa shape index (κ3) is 10.5. The summed E-state index contributed by atoms with van der Waals surface area (Å²) in [6, 6.07) is 0. The molecule has 132 valence electrons. The first kappa shape index (κ1) is 19.9. The van der Waals surface area contributed by atoms with Gasteiger partial charge in [0.2, 0.25) is 0 Å². The van der Waals surface area contributed by atoms with Crippen molar-refractivity contribution in [3.8, 4) is 0 Å². The highest BCUT2D eigenvalue weighted by Gasteiger charge is 2.26. The van der Waals surface area contributed by atoms with E-state index in [1.165, 1.54) is 0 Å². The van der Waals surface area contributed by atoms with Gasteiger partial charge in [-0.2, -0.15) is 0 Å². The first-order valence-electron chi connectivity index (χ1n) is 8.71. The fourth-order valence-corrected chi connectivity index (χ4v) is 2.27. The largest absolute Gasteiger partial charge is 0.381 e. The van der Waals surface area contributed by atoms with E-state index in [1.54, 1.807) is 0 Å². The molecule has 1 rings (SSSR count). The second kappa shape index (κ2) is 9.21. The van der Waals surface area contributed by atoms with Crippen molar-refractivity contribution >= 4 is 0 Å². The van der Waals surface area contributed by atoms with Gasteiger partial charge in [0.05, 0.1) is 18.3 Å². The molecule has 1 aliphatic heterocycles. The Hall–Kier alpha value is -0.160. The molecule has 0 spiro atoms. The SMILES string of the molecule is CC(C)(C)COCCCOC1CN(CCCOC(C)(C)C)C1. The van der Waals surface area contributed by atoms with Crippen LogP contribution in [0, 0.1) is 5.41 Å². The molecular formula is C18H37NO3. The zero-order valence-electron chi connectivity index (χ0n) is 15.6. The van der Waals surface area contributed by atoms with Crippen LogP contribution in [0.2, 0.25) is 0 Å². The Morgan fingerprint density at radius 3 is 2.18 bits per heavy atom. The monoisotopic (exact) mass is 315 g/mol. The number of hydrogen-bond acceptors (Lipinski definition) is 4. The lowest BCUT2D eigenvalue weighted by atomic mass is 9.99. The molecule has 0 bridgehead atoms. The van der Waals surface area contributed by atoms with Gasteiger partial charge >= 0.3 is 0 Å². The van der Waals surface area contributed by atoms with Gasteiger partial charge in [0.25, 0.3) is 0 Å². The normalized spacial score (nSPS) is 17.7. The third-order valence-electron chi connectivity index (χ3n) is 3.40. The Balaban J connectivity index is 1.86. The van der Waals surface area contributed by atoms with E-state index in [4.69, 9.17) is 14.2 Å².